The number of hydrogen-bond donors (Lipinski definition) is 0. The molecule has 0 fully saturated rings. The highest BCUT2D eigenvalue weighted by atomic mass is 16.5. The Bertz CT molecular complexity index is 245. The van der Waals surface area contributed by atoms with E-state index < -0.39 is 0 Å². The molecule has 0 saturated carbocycles. The van der Waals surface area contributed by atoms with E-state index in [4.69, 9.17) is 18.9 Å². The van der Waals surface area contributed by atoms with Crippen LogP contribution in [0.3, 0.4) is 0 Å². The van der Waals surface area contributed by atoms with E-state index in [0.29, 0.717) is 45.9 Å². The summed E-state index contributed by atoms with van der Waals surface area (Å²) >= 11 is 0. The van der Waals surface area contributed by atoms with Crippen LogP contribution in [0.1, 0.15) is 58.8 Å². The molecule has 0 aliphatic heterocycles. The number of unbranched alkanes of at least 4 members (excludes halogenated alkanes) is 3. The Morgan fingerprint density at radius 1 is 0.909 bits per heavy atom. The second-order valence-electron chi connectivity index (χ2n) is 5.47. The van der Waals surface area contributed by atoms with Crippen molar-refractivity contribution in [1.29, 1.82) is 0 Å². The van der Waals surface area contributed by atoms with Crippen LogP contribution in [-0.2, 0) is 23.7 Å². The highest BCUT2D eigenvalue weighted by Gasteiger charge is 2.08. The normalized spacial score (nSPS) is 12.3. The average Bonchev–Trinajstić information content (AvgIpc) is 2.50. The molecule has 1 unspecified atom stereocenters. The number of rotatable bonds is 16. The van der Waals surface area contributed by atoms with Crippen molar-refractivity contribution in [2.75, 3.05) is 40.1 Å². The summed E-state index contributed by atoms with van der Waals surface area (Å²) in [6, 6.07) is 0. The predicted molar refractivity (Wildman–Crippen MR) is 87.1 cm³/mol. The van der Waals surface area contributed by atoms with Gasteiger partial charge in [0.2, 0.25) is 0 Å². The Morgan fingerprint density at radius 3 is 2.27 bits per heavy atom. The Kier molecular flexibility index (Phi) is 16.2. The molecule has 0 bridgehead atoms. The molecule has 0 amide bonds. The fraction of sp³-hybridized carbons (Fsp3) is 0.941. The van der Waals surface area contributed by atoms with Gasteiger partial charge in [-0.1, -0.05) is 26.2 Å². The molecule has 0 heterocycles. The van der Waals surface area contributed by atoms with Gasteiger partial charge in [-0.2, -0.15) is 0 Å². The number of esters is 1. The van der Waals surface area contributed by atoms with Crippen LogP contribution in [0, 0.1) is 0 Å². The molecular weight excluding hydrogens is 284 g/mol. The highest BCUT2D eigenvalue weighted by molar-refractivity contribution is 5.69. The lowest BCUT2D eigenvalue weighted by atomic mass is 10.1. The topological polar surface area (TPSA) is 54.0 Å². The van der Waals surface area contributed by atoms with Crippen molar-refractivity contribution in [2.45, 2.75) is 64.9 Å². The third-order valence-electron chi connectivity index (χ3n) is 3.27. The lowest BCUT2D eigenvalue weighted by Gasteiger charge is -2.13. The van der Waals surface area contributed by atoms with Gasteiger partial charge in [0.1, 0.15) is 0 Å². The van der Waals surface area contributed by atoms with Crippen LogP contribution >= 0.6 is 0 Å². The molecule has 0 aromatic rings. The van der Waals surface area contributed by atoms with Crippen molar-refractivity contribution in [3.63, 3.8) is 0 Å². The molecule has 22 heavy (non-hydrogen) atoms. The lowest BCUT2D eigenvalue weighted by Crippen LogP contribution is -2.15. The van der Waals surface area contributed by atoms with Crippen LogP contribution in [0.25, 0.3) is 0 Å². The summed E-state index contributed by atoms with van der Waals surface area (Å²) in [5.74, 6) is -0.122. The van der Waals surface area contributed by atoms with Gasteiger partial charge >= 0.3 is 5.97 Å². The second-order valence-corrected chi connectivity index (χ2v) is 5.47. The van der Waals surface area contributed by atoms with Gasteiger partial charge in [0, 0.05) is 20.1 Å². The minimum absolute atomic E-state index is 0.0273. The summed E-state index contributed by atoms with van der Waals surface area (Å²) in [4.78, 5) is 11.6. The van der Waals surface area contributed by atoms with Gasteiger partial charge in [0.15, 0.2) is 0 Å². The highest BCUT2D eigenvalue weighted by Crippen LogP contribution is 2.09. The van der Waals surface area contributed by atoms with E-state index in [0.717, 1.165) is 12.8 Å². The first-order valence-electron chi connectivity index (χ1n) is 8.54. The first kappa shape index (κ1) is 21.4. The van der Waals surface area contributed by atoms with Gasteiger partial charge in [-0.15, -0.1) is 0 Å². The molecule has 0 radical (unpaired) electrons. The second kappa shape index (κ2) is 16.7. The molecule has 5 heteroatoms. The van der Waals surface area contributed by atoms with E-state index in [-0.39, 0.29) is 12.1 Å². The molecule has 0 aliphatic rings. The smallest absolute Gasteiger partial charge is 0.306 e. The van der Waals surface area contributed by atoms with E-state index in [1.165, 1.54) is 19.3 Å². The van der Waals surface area contributed by atoms with Gasteiger partial charge in [-0.3, -0.25) is 4.79 Å². The van der Waals surface area contributed by atoms with Crippen LogP contribution in [0.2, 0.25) is 0 Å². The third-order valence-corrected chi connectivity index (χ3v) is 3.27. The molecule has 132 valence electrons. The van der Waals surface area contributed by atoms with Gasteiger partial charge < -0.3 is 18.9 Å². The summed E-state index contributed by atoms with van der Waals surface area (Å²) < 4.78 is 20.9. The van der Waals surface area contributed by atoms with Crippen molar-refractivity contribution in [1.82, 2.24) is 0 Å². The molecule has 0 aromatic carbocycles. The van der Waals surface area contributed by atoms with Gasteiger partial charge in [-0.25, -0.2) is 0 Å². The molecule has 0 saturated heterocycles. The minimum atomic E-state index is -0.122. The van der Waals surface area contributed by atoms with Crippen molar-refractivity contribution in [3.05, 3.63) is 0 Å². The van der Waals surface area contributed by atoms with E-state index in [9.17, 15) is 4.79 Å². The molecule has 0 aliphatic carbocycles. The van der Waals surface area contributed by atoms with Crippen LogP contribution in [-0.4, -0.2) is 52.2 Å². The molecule has 0 spiro atoms. The predicted octanol–water partition coefficient (Wildman–Crippen LogP) is 3.35. The monoisotopic (exact) mass is 318 g/mol. The van der Waals surface area contributed by atoms with Gasteiger partial charge in [0.05, 0.1) is 32.5 Å². The van der Waals surface area contributed by atoms with Crippen molar-refractivity contribution in [3.8, 4) is 0 Å². The zero-order chi connectivity index (χ0) is 16.5. The van der Waals surface area contributed by atoms with E-state index in [1.807, 2.05) is 6.92 Å². The number of carbonyl (C=O) groups is 1. The number of carbonyl (C=O) groups excluding carboxylic acids is 1. The van der Waals surface area contributed by atoms with Gasteiger partial charge in [-0.05, 0) is 26.2 Å². The maximum Gasteiger partial charge on any atom is 0.306 e. The largest absolute Gasteiger partial charge is 0.463 e. The molecule has 1 atom stereocenters. The van der Waals surface area contributed by atoms with Crippen LogP contribution in [0.5, 0.6) is 0 Å². The van der Waals surface area contributed by atoms with Crippen molar-refractivity contribution in [2.24, 2.45) is 0 Å². The quantitative estimate of drug-likeness (QED) is 0.323. The third kappa shape index (κ3) is 15.7. The summed E-state index contributed by atoms with van der Waals surface area (Å²) in [6.45, 7) is 7.02. The Morgan fingerprint density at radius 2 is 1.59 bits per heavy atom. The summed E-state index contributed by atoms with van der Waals surface area (Å²) in [7, 11) is 1.64. The van der Waals surface area contributed by atoms with Gasteiger partial charge in [0.25, 0.3) is 0 Å². The zero-order valence-corrected chi connectivity index (χ0v) is 14.6. The van der Waals surface area contributed by atoms with Crippen LogP contribution in [0.4, 0.5) is 0 Å². The number of ether oxygens (including phenoxy) is 4. The SMILES string of the molecule is CCCCCCC(C)OC(=O)CCCOCCOCCOC. The summed E-state index contributed by atoms with van der Waals surface area (Å²) in [5, 5.41) is 0. The van der Waals surface area contributed by atoms with Crippen molar-refractivity contribution < 1.29 is 23.7 Å². The number of hydrogen-bond acceptors (Lipinski definition) is 5. The molecular formula is C17H34O5. The lowest BCUT2D eigenvalue weighted by molar-refractivity contribution is -0.149. The first-order valence-corrected chi connectivity index (χ1v) is 8.54. The minimum Gasteiger partial charge on any atom is -0.463 e. The summed E-state index contributed by atoms with van der Waals surface area (Å²) in [6.07, 6.45) is 6.94. The molecule has 0 N–H and O–H groups in total. The molecule has 5 nitrogen and oxygen atoms in total. The molecule has 0 aromatic heterocycles. The van der Waals surface area contributed by atoms with Crippen molar-refractivity contribution >= 4 is 5.97 Å². The fourth-order valence-electron chi connectivity index (χ4n) is 1.98. The maximum atomic E-state index is 11.6. The first-order chi connectivity index (χ1) is 10.7. The number of methoxy groups -OCH3 is 1. The Hall–Kier alpha value is -0.650. The standard InChI is InChI=1S/C17H34O5/c1-4-5-6-7-9-16(2)22-17(18)10-8-11-20-14-15-21-13-12-19-3/h16H,4-15H2,1-3H3. The summed E-state index contributed by atoms with van der Waals surface area (Å²) in [5.41, 5.74) is 0. The van der Waals surface area contributed by atoms with E-state index in [1.54, 1.807) is 7.11 Å². The fourth-order valence-corrected chi connectivity index (χ4v) is 1.98. The van der Waals surface area contributed by atoms with Crippen LogP contribution < -0.4 is 0 Å². The zero-order valence-electron chi connectivity index (χ0n) is 14.6. The average molecular weight is 318 g/mol. The van der Waals surface area contributed by atoms with Crippen LogP contribution in [0.15, 0.2) is 0 Å². The Labute approximate surface area is 135 Å². The van der Waals surface area contributed by atoms with E-state index >= 15 is 0 Å². The maximum absolute atomic E-state index is 11.6. The van der Waals surface area contributed by atoms with E-state index in [2.05, 4.69) is 6.92 Å². The molecule has 0 rings (SSSR count). The Balaban J connectivity index is 3.31.